The first-order valence-electron chi connectivity index (χ1n) is 5.40. The largest absolute Gasteiger partial charge is 0.354 e. The topological polar surface area (TPSA) is 55.1 Å². The molecular weight excluding hydrogens is 320 g/mol. The summed E-state index contributed by atoms with van der Waals surface area (Å²) in [6.07, 6.45) is 3.61. The van der Waals surface area contributed by atoms with Crippen LogP contribution in [0.3, 0.4) is 0 Å². The molecule has 1 aromatic rings. The quantitative estimate of drug-likeness (QED) is 0.802. The second kappa shape index (κ2) is 8.13. The van der Waals surface area contributed by atoms with Crippen molar-refractivity contribution in [2.75, 3.05) is 18.6 Å². The molecule has 0 fully saturated rings. The van der Waals surface area contributed by atoms with E-state index in [2.05, 4.69) is 27.3 Å². The molecule has 0 aliphatic rings. The molecule has 3 nitrogen and oxygen atoms in total. The summed E-state index contributed by atoms with van der Waals surface area (Å²) in [5, 5.41) is 2.87. The van der Waals surface area contributed by atoms with E-state index in [0.717, 1.165) is 22.4 Å². The van der Waals surface area contributed by atoms with E-state index in [1.54, 1.807) is 23.1 Å². The summed E-state index contributed by atoms with van der Waals surface area (Å²) in [5.41, 5.74) is 5.76. The van der Waals surface area contributed by atoms with Crippen molar-refractivity contribution in [3.8, 4) is 0 Å². The predicted molar refractivity (Wildman–Crippen MR) is 79.7 cm³/mol. The van der Waals surface area contributed by atoms with E-state index >= 15 is 0 Å². The summed E-state index contributed by atoms with van der Waals surface area (Å²) in [5.74, 6) is 0.876. The van der Waals surface area contributed by atoms with E-state index in [0.29, 0.717) is 6.54 Å². The molecule has 1 atom stereocenters. The van der Waals surface area contributed by atoms with E-state index in [1.807, 2.05) is 12.3 Å². The van der Waals surface area contributed by atoms with Gasteiger partial charge in [0, 0.05) is 11.4 Å². The highest BCUT2D eigenvalue weighted by molar-refractivity contribution is 9.11. The minimum atomic E-state index is -0.377. The molecule has 0 saturated carbocycles. The van der Waals surface area contributed by atoms with Gasteiger partial charge in [-0.3, -0.25) is 4.79 Å². The smallest absolute Gasteiger partial charge is 0.236 e. The molecule has 0 radical (unpaired) electrons. The molecular formula is C11H17BrN2OS2. The van der Waals surface area contributed by atoms with E-state index in [4.69, 9.17) is 5.73 Å². The van der Waals surface area contributed by atoms with Crippen LogP contribution in [0.4, 0.5) is 0 Å². The third-order valence-corrected chi connectivity index (χ3v) is 4.60. The van der Waals surface area contributed by atoms with Gasteiger partial charge in [0.15, 0.2) is 0 Å². The lowest BCUT2D eigenvalue weighted by Crippen LogP contribution is -2.41. The molecule has 1 rings (SSSR count). The van der Waals surface area contributed by atoms with Gasteiger partial charge in [-0.05, 0) is 52.9 Å². The second-order valence-corrected chi connectivity index (χ2v) is 7.17. The number of hydrogen-bond acceptors (Lipinski definition) is 4. The van der Waals surface area contributed by atoms with Gasteiger partial charge >= 0.3 is 0 Å². The second-order valence-electron chi connectivity index (χ2n) is 3.63. The highest BCUT2D eigenvalue weighted by Crippen LogP contribution is 2.21. The highest BCUT2D eigenvalue weighted by Gasteiger charge is 2.11. The zero-order chi connectivity index (χ0) is 12.7. The van der Waals surface area contributed by atoms with Crippen molar-refractivity contribution >= 4 is 44.9 Å². The molecule has 3 N–H and O–H groups in total. The fourth-order valence-corrected chi connectivity index (χ4v) is 3.27. The number of halogens is 1. The molecule has 0 aliphatic heterocycles. The Kier molecular flexibility index (Phi) is 7.18. The van der Waals surface area contributed by atoms with Crippen LogP contribution in [-0.2, 0) is 11.2 Å². The van der Waals surface area contributed by atoms with E-state index in [1.165, 1.54) is 4.88 Å². The number of thioether (sulfide) groups is 1. The molecule has 1 heterocycles. The average molecular weight is 337 g/mol. The lowest BCUT2D eigenvalue weighted by atomic mass is 10.2. The van der Waals surface area contributed by atoms with Crippen molar-refractivity contribution in [3.63, 3.8) is 0 Å². The number of carbonyl (C=O) groups excluding carboxylic acids is 1. The molecule has 96 valence electrons. The van der Waals surface area contributed by atoms with E-state index in [-0.39, 0.29) is 11.9 Å². The molecule has 6 heteroatoms. The average Bonchev–Trinajstić information content (AvgIpc) is 2.71. The Morgan fingerprint density at radius 2 is 2.41 bits per heavy atom. The third-order valence-electron chi connectivity index (χ3n) is 2.27. The summed E-state index contributed by atoms with van der Waals surface area (Å²) < 4.78 is 1.12. The first-order chi connectivity index (χ1) is 8.13. The summed E-state index contributed by atoms with van der Waals surface area (Å²) in [6, 6.07) is 3.71. The minimum Gasteiger partial charge on any atom is -0.354 e. The normalized spacial score (nSPS) is 12.4. The van der Waals surface area contributed by atoms with Crippen molar-refractivity contribution < 1.29 is 4.79 Å². The predicted octanol–water partition coefficient (Wildman–Crippen LogP) is 2.25. The first kappa shape index (κ1) is 15.0. The van der Waals surface area contributed by atoms with Gasteiger partial charge in [0.2, 0.25) is 5.91 Å². The van der Waals surface area contributed by atoms with Crippen molar-refractivity contribution in [2.24, 2.45) is 5.73 Å². The Morgan fingerprint density at radius 3 is 3.00 bits per heavy atom. The van der Waals surface area contributed by atoms with Crippen LogP contribution in [0, 0.1) is 0 Å². The van der Waals surface area contributed by atoms with Crippen molar-refractivity contribution in [3.05, 3.63) is 20.8 Å². The van der Waals surface area contributed by atoms with Crippen LogP contribution >= 0.6 is 39.0 Å². The zero-order valence-electron chi connectivity index (χ0n) is 9.74. The lowest BCUT2D eigenvalue weighted by Gasteiger charge is -2.10. The highest BCUT2D eigenvalue weighted by atomic mass is 79.9. The van der Waals surface area contributed by atoms with Gasteiger partial charge in [-0.2, -0.15) is 11.8 Å². The molecule has 0 unspecified atom stereocenters. The van der Waals surface area contributed by atoms with Gasteiger partial charge < -0.3 is 11.1 Å². The van der Waals surface area contributed by atoms with Crippen molar-refractivity contribution in [1.29, 1.82) is 0 Å². The van der Waals surface area contributed by atoms with E-state index in [9.17, 15) is 4.79 Å². The fourth-order valence-electron chi connectivity index (χ4n) is 1.30. The van der Waals surface area contributed by atoms with Crippen molar-refractivity contribution in [1.82, 2.24) is 5.32 Å². The van der Waals surface area contributed by atoms with Crippen LogP contribution in [-0.4, -0.2) is 30.5 Å². The number of carbonyl (C=O) groups is 1. The number of nitrogens with one attached hydrogen (secondary N) is 1. The van der Waals surface area contributed by atoms with Crippen LogP contribution in [0.1, 0.15) is 11.3 Å². The van der Waals surface area contributed by atoms with Gasteiger partial charge in [0.1, 0.15) is 0 Å². The van der Waals surface area contributed by atoms with Gasteiger partial charge in [0.25, 0.3) is 0 Å². The molecule has 0 aliphatic carbocycles. The summed E-state index contributed by atoms with van der Waals surface area (Å²) in [6.45, 7) is 0.652. The van der Waals surface area contributed by atoms with Gasteiger partial charge in [0.05, 0.1) is 9.83 Å². The van der Waals surface area contributed by atoms with Crippen molar-refractivity contribution in [2.45, 2.75) is 18.9 Å². The Morgan fingerprint density at radius 1 is 1.65 bits per heavy atom. The van der Waals surface area contributed by atoms with Crippen LogP contribution < -0.4 is 11.1 Å². The minimum absolute atomic E-state index is 0.0466. The monoisotopic (exact) mass is 336 g/mol. The van der Waals surface area contributed by atoms with Crippen LogP contribution in [0.2, 0.25) is 0 Å². The zero-order valence-corrected chi connectivity index (χ0v) is 13.0. The maximum atomic E-state index is 11.6. The molecule has 0 saturated heterocycles. The van der Waals surface area contributed by atoms with Gasteiger partial charge in [-0.1, -0.05) is 0 Å². The Labute approximate surface area is 119 Å². The third kappa shape index (κ3) is 5.90. The summed E-state index contributed by atoms with van der Waals surface area (Å²) >= 11 is 6.81. The number of nitrogens with two attached hydrogens (primary N) is 1. The maximum Gasteiger partial charge on any atom is 0.236 e. The van der Waals surface area contributed by atoms with Crippen LogP contribution in [0.15, 0.2) is 15.9 Å². The fraction of sp³-hybridized carbons (Fsp3) is 0.545. The molecule has 1 aromatic heterocycles. The number of thiophene rings is 1. The van der Waals surface area contributed by atoms with Crippen LogP contribution in [0.25, 0.3) is 0 Å². The van der Waals surface area contributed by atoms with Crippen LogP contribution in [0.5, 0.6) is 0 Å². The summed E-state index contributed by atoms with van der Waals surface area (Å²) in [7, 11) is 0. The molecule has 1 amide bonds. The molecule has 0 spiro atoms. The van der Waals surface area contributed by atoms with Gasteiger partial charge in [-0.15, -0.1) is 11.3 Å². The lowest BCUT2D eigenvalue weighted by molar-refractivity contribution is -0.122. The Balaban J connectivity index is 2.19. The number of amides is 1. The maximum absolute atomic E-state index is 11.6. The van der Waals surface area contributed by atoms with E-state index < -0.39 is 0 Å². The van der Waals surface area contributed by atoms with Gasteiger partial charge in [-0.25, -0.2) is 0 Å². The summed E-state index contributed by atoms with van der Waals surface area (Å²) in [4.78, 5) is 12.9. The standard InChI is InChI=1S/C11H17BrN2OS2/c1-16-7-5-9(13)11(15)14-6-4-8-2-3-10(12)17-8/h2-3,9H,4-7,13H2,1H3,(H,14,15)/t9-/m1/s1. The number of hydrogen-bond donors (Lipinski definition) is 2. The SMILES string of the molecule is CSCC[C@@H](N)C(=O)NCCc1ccc(Br)s1. The Hall–Kier alpha value is -0.0400. The Bertz CT molecular complexity index is 357. The molecule has 0 bridgehead atoms. The molecule has 0 aromatic carbocycles. The molecule has 17 heavy (non-hydrogen) atoms. The first-order valence-corrected chi connectivity index (χ1v) is 8.40. The number of rotatable bonds is 7.